The van der Waals surface area contributed by atoms with Gasteiger partial charge in [-0.05, 0) is 35.6 Å². The molecule has 2 aromatic rings. The second kappa shape index (κ2) is 6.17. The van der Waals surface area contributed by atoms with Gasteiger partial charge in [-0.15, -0.1) is 0 Å². The molecule has 0 saturated carbocycles. The number of rotatable bonds is 4. The van der Waals surface area contributed by atoms with Crippen LogP contribution in [0.5, 0.6) is 0 Å². The van der Waals surface area contributed by atoms with Crippen LogP contribution in [0.25, 0.3) is 0 Å². The van der Waals surface area contributed by atoms with Crippen molar-refractivity contribution < 1.29 is 4.79 Å². The summed E-state index contributed by atoms with van der Waals surface area (Å²) in [7, 11) is 0. The molecule has 1 amide bonds. The van der Waals surface area contributed by atoms with E-state index in [-0.39, 0.29) is 5.91 Å². The second-order valence-electron chi connectivity index (χ2n) is 6.58. The van der Waals surface area contributed by atoms with Gasteiger partial charge < -0.3 is 10.6 Å². The fraction of sp³-hybridized carbons (Fsp3) is 0.350. The fourth-order valence-corrected chi connectivity index (χ4v) is 3.51. The van der Waals surface area contributed by atoms with Gasteiger partial charge in [0, 0.05) is 18.7 Å². The summed E-state index contributed by atoms with van der Waals surface area (Å²) < 4.78 is 0. The summed E-state index contributed by atoms with van der Waals surface area (Å²) in [6.45, 7) is 4.79. The molecule has 1 heterocycles. The van der Waals surface area contributed by atoms with Crippen LogP contribution in [-0.4, -0.2) is 12.5 Å². The van der Waals surface area contributed by atoms with E-state index >= 15 is 0 Å². The molecule has 2 aromatic carbocycles. The third-order valence-corrected chi connectivity index (χ3v) is 4.90. The molecule has 2 N–H and O–H groups in total. The Morgan fingerprint density at radius 1 is 1.09 bits per heavy atom. The normalized spacial score (nSPS) is 21.2. The van der Waals surface area contributed by atoms with Crippen LogP contribution in [-0.2, 0) is 10.3 Å². The topological polar surface area (TPSA) is 46.3 Å². The number of hydrogen-bond donors (Lipinski definition) is 1. The van der Waals surface area contributed by atoms with Crippen molar-refractivity contribution in [2.24, 2.45) is 5.73 Å². The van der Waals surface area contributed by atoms with Crippen LogP contribution in [0.2, 0.25) is 0 Å². The number of amides is 1. The minimum absolute atomic E-state index is 0.148. The molecule has 0 radical (unpaired) electrons. The van der Waals surface area contributed by atoms with Crippen molar-refractivity contribution in [3.8, 4) is 0 Å². The molecule has 23 heavy (non-hydrogen) atoms. The first-order valence-electron chi connectivity index (χ1n) is 8.27. The van der Waals surface area contributed by atoms with Crippen LogP contribution in [0.4, 0.5) is 5.69 Å². The molecule has 1 atom stereocenters. The van der Waals surface area contributed by atoms with Gasteiger partial charge in [0.25, 0.3) is 0 Å². The summed E-state index contributed by atoms with van der Waals surface area (Å²) in [5.74, 6) is 0.642. The molecule has 1 aliphatic heterocycles. The highest BCUT2D eigenvalue weighted by Crippen LogP contribution is 2.42. The Morgan fingerprint density at radius 2 is 1.74 bits per heavy atom. The van der Waals surface area contributed by atoms with Gasteiger partial charge in [0.1, 0.15) is 0 Å². The van der Waals surface area contributed by atoms with E-state index in [2.05, 4.69) is 38.1 Å². The van der Waals surface area contributed by atoms with Crippen molar-refractivity contribution in [2.75, 3.05) is 11.4 Å². The zero-order valence-corrected chi connectivity index (χ0v) is 13.8. The Bertz CT molecular complexity index is 679. The summed E-state index contributed by atoms with van der Waals surface area (Å²) in [5.41, 5.74) is 9.11. The summed E-state index contributed by atoms with van der Waals surface area (Å²) in [5, 5.41) is 0. The molecule has 0 aliphatic carbocycles. The van der Waals surface area contributed by atoms with E-state index in [4.69, 9.17) is 5.73 Å². The third kappa shape index (κ3) is 2.66. The molecule has 0 aromatic heterocycles. The molecule has 1 unspecified atom stereocenters. The van der Waals surface area contributed by atoms with E-state index in [1.54, 1.807) is 0 Å². The monoisotopic (exact) mass is 308 g/mol. The summed E-state index contributed by atoms with van der Waals surface area (Å²) in [6, 6.07) is 18.4. The molecule has 120 valence electrons. The van der Waals surface area contributed by atoms with Gasteiger partial charge in [-0.2, -0.15) is 0 Å². The molecule has 1 saturated heterocycles. The van der Waals surface area contributed by atoms with Crippen molar-refractivity contribution >= 4 is 11.6 Å². The number of carbonyl (C=O) groups is 1. The van der Waals surface area contributed by atoms with Crippen LogP contribution in [0, 0.1) is 0 Å². The maximum Gasteiger partial charge on any atom is 0.227 e. The standard InChI is InChI=1S/C20H24N2O/c1-15(2)16-8-10-17(11-9-16)20(14-21)13-12-19(23)22(20)18-6-4-3-5-7-18/h3-11,15H,12-14,21H2,1-2H3. The van der Waals surface area contributed by atoms with Gasteiger partial charge in [-0.3, -0.25) is 4.79 Å². The van der Waals surface area contributed by atoms with Crippen LogP contribution in [0.15, 0.2) is 54.6 Å². The van der Waals surface area contributed by atoms with E-state index in [1.165, 1.54) is 5.56 Å². The van der Waals surface area contributed by atoms with E-state index in [0.29, 0.717) is 18.9 Å². The predicted octanol–water partition coefficient (Wildman–Crippen LogP) is 3.79. The maximum atomic E-state index is 12.6. The molecular formula is C20H24N2O. The predicted molar refractivity (Wildman–Crippen MR) is 94.4 cm³/mol. The van der Waals surface area contributed by atoms with Crippen molar-refractivity contribution in [3.63, 3.8) is 0 Å². The highest BCUT2D eigenvalue weighted by Gasteiger charge is 2.46. The Morgan fingerprint density at radius 3 is 2.30 bits per heavy atom. The van der Waals surface area contributed by atoms with Gasteiger partial charge in [0.15, 0.2) is 0 Å². The average Bonchev–Trinajstić information content (AvgIpc) is 2.93. The van der Waals surface area contributed by atoms with Gasteiger partial charge in [-0.1, -0.05) is 56.3 Å². The highest BCUT2D eigenvalue weighted by molar-refractivity contribution is 5.97. The van der Waals surface area contributed by atoms with E-state index in [1.807, 2.05) is 35.2 Å². The first kappa shape index (κ1) is 15.8. The number of hydrogen-bond acceptors (Lipinski definition) is 2. The van der Waals surface area contributed by atoms with Gasteiger partial charge >= 0.3 is 0 Å². The third-order valence-electron chi connectivity index (χ3n) is 4.90. The molecule has 1 aliphatic rings. The lowest BCUT2D eigenvalue weighted by atomic mass is 9.85. The Balaban J connectivity index is 2.06. The molecule has 0 spiro atoms. The number of benzene rings is 2. The number of para-hydroxylation sites is 1. The van der Waals surface area contributed by atoms with Gasteiger partial charge in [-0.25, -0.2) is 0 Å². The van der Waals surface area contributed by atoms with Crippen molar-refractivity contribution in [1.29, 1.82) is 0 Å². The van der Waals surface area contributed by atoms with E-state index in [9.17, 15) is 4.79 Å². The average molecular weight is 308 g/mol. The smallest absolute Gasteiger partial charge is 0.227 e. The lowest BCUT2D eigenvalue weighted by Gasteiger charge is -2.38. The van der Waals surface area contributed by atoms with Crippen molar-refractivity contribution in [3.05, 3.63) is 65.7 Å². The maximum absolute atomic E-state index is 12.6. The molecule has 0 bridgehead atoms. The van der Waals surface area contributed by atoms with Gasteiger partial charge in [0.05, 0.1) is 5.54 Å². The molecular weight excluding hydrogens is 284 g/mol. The zero-order valence-electron chi connectivity index (χ0n) is 13.8. The first-order chi connectivity index (χ1) is 11.1. The van der Waals surface area contributed by atoms with Crippen LogP contribution >= 0.6 is 0 Å². The zero-order chi connectivity index (χ0) is 16.4. The molecule has 3 rings (SSSR count). The number of carbonyl (C=O) groups excluding carboxylic acids is 1. The minimum atomic E-state index is -0.437. The van der Waals surface area contributed by atoms with E-state index in [0.717, 1.165) is 17.7 Å². The van der Waals surface area contributed by atoms with E-state index < -0.39 is 5.54 Å². The lowest BCUT2D eigenvalue weighted by Crippen LogP contribution is -2.49. The van der Waals surface area contributed by atoms with Crippen molar-refractivity contribution in [1.82, 2.24) is 0 Å². The Labute approximate surface area is 138 Å². The van der Waals surface area contributed by atoms with Crippen LogP contribution in [0.3, 0.4) is 0 Å². The minimum Gasteiger partial charge on any atom is -0.328 e. The summed E-state index contributed by atoms with van der Waals surface area (Å²) in [6.07, 6.45) is 1.30. The van der Waals surface area contributed by atoms with Crippen LogP contribution in [0.1, 0.15) is 43.7 Å². The summed E-state index contributed by atoms with van der Waals surface area (Å²) in [4.78, 5) is 14.5. The Kier molecular flexibility index (Phi) is 4.22. The number of nitrogens with zero attached hydrogens (tertiary/aromatic N) is 1. The number of anilines is 1. The highest BCUT2D eigenvalue weighted by atomic mass is 16.2. The quantitative estimate of drug-likeness (QED) is 0.934. The SMILES string of the molecule is CC(C)c1ccc(C2(CN)CCC(=O)N2c2ccccc2)cc1. The van der Waals surface area contributed by atoms with Gasteiger partial charge in [0.2, 0.25) is 5.91 Å². The largest absolute Gasteiger partial charge is 0.328 e. The van der Waals surface area contributed by atoms with Crippen LogP contribution < -0.4 is 10.6 Å². The molecule has 3 heteroatoms. The Hall–Kier alpha value is -2.13. The lowest BCUT2D eigenvalue weighted by molar-refractivity contribution is -0.117. The fourth-order valence-electron chi connectivity index (χ4n) is 3.51. The number of nitrogens with two attached hydrogens (primary N) is 1. The first-order valence-corrected chi connectivity index (χ1v) is 8.27. The molecule has 1 fully saturated rings. The second-order valence-corrected chi connectivity index (χ2v) is 6.58. The summed E-state index contributed by atoms with van der Waals surface area (Å²) >= 11 is 0. The molecule has 3 nitrogen and oxygen atoms in total. The van der Waals surface area contributed by atoms with Crippen molar-refractivity contribution in [2.45, 2.75) is 38.1 Å².